The molecule has 0 saturated carbocycles. The van der Waals surface area contributed by atoms with Crippen molar-refractivity contribution in [2.24, 2.45) is 23.5 Å². The molecule has 5 aromatic carbocycles. The van der Waals surface area contributed by atoms with Gasteiger partial charge >= 0.3 is 5.97 Å². The number of carbonyl (C=O) groups is 16. The number of aromatic nitrogens is 2. The fourth-order valence-electron chi connectivity index (χ4n) is 15.1. The molecule has 7 aromatic rings. The summed E-state index contributed by atoms with van der Waals surface area (Å²) >= 11 is 0.686. The van der Waals surface area contributed by atoms with Gasteiger partial charge in [-0.1, -0.05) is 138 Å². The first-order valence-corrected chi connectivity index (χ1v) is 44.3. The summed E-state index contributed by atoms with van der Waals surface area (Å²) in [6.07, 6.45) is 2.15. The molecule has 1 saturated heterocycles. The van der Waals surface area contributed by atoms with Gasteiger partial charge in [-0.3, -0.25) is 81.7 Å². The number of nitrogens with one attached hydrogen (secondary N) is 10. The minimum absolute atomic E-state index is 0.0691. The number of thioether (sulfide) groups is 1. The molecule has 0 spiro atoms. The first kappa shape index (κ1) is 104. The number of carbonyl (C=O) groups excluding carboxylic acids is 15. The van der Waals surface area contributed by atoms with Crippen LogP contribution in [0, 0.1) is 35.2 Å². The zero-order valence-corrected chi connectivity index (χ0v) is 76.0. The van der Waals surface area contributed by atoms with Gasteiger partial charge in [0.2, 0.25) is 88.6 Å². The number of aromatic hydroxyl groups is 1. The Hall–Kier alpha value is -13.8. The van der Waals surface area contributed by atoms with E-state index in [1.165, 1.54) is 71.9 Å². The molecule has 0 unspecified atom stereocenters. The lowest BCUT2D eigenvalue weighted by molar-refractivity contribution is -0.151. The Bertz CT molecular complexity index is 5210. The summed E-state index contributed by atoms with van der Waals surface area (Å²) in [5.74, 6) is -24.9. The van der Waals surface area contributed by atoms with E-state index in [0.29, 0.717) is 69.0 Å². The van der Waals surface area contributed by atoms with Gasteiger partial charge < -0.3 is 93.3 Å². The van der Waals surface area contributed by atoms with Gasteiger partial charge in [0.15, 0.2) is 17.5 Å². The molecule has 2 aromatic heterocycles. The number of nitrogens with zero attached hydrogens (tertiary/aromatic N) is 6. The zero-order chi connectivity index (χ0) is 96.7. The van der Waals surface area contributed by atoms with Gasteiger partial charge in [-0.2, -0.15) is 0 Å². The number of carboxylic acids is 1. The summed E-state index contributed by atoms with van der Waals surface area (Å²) in [6.45, 7) is 5.53. The number of nitrogens with two attached hydrogens (primary N) is 1. The molecule has 39 heteroatoms. The maximum absolute atomic E-state index is 15.5. The van der Waals surface area contributed by atoms with E-state index in [0.717, 1.165) is 24.5 Å². The first-order valence-electron chi connectivity index (χ1n) is 43.2. The Kier molecular flexibility index (Phi) is 39.2. The molecule has 132 heavy (non-hydrogen) atoms. The molecular weight excluding hydrogens is 1730 g/mol. The number of aromatic amines is 1. The standard InChI is InChI=1S/C93H116F3N17O18S/c1-11-12-27-73-91(129)110(7)50-78(117)102-69(45-80(119)120)87(125)108-82(54(4)5)93(131)112(9)74(42-55-21-15-13-16-22-55)88(126)106-70(40-57-28-30-62(114)31-29-57)89(127)109(6)49-77(116)100-47-61(44-60-46-99-66-26-20-19-25-63(60)66)83(121)104-68(39-58-32-34-98-35-33-58)86(124)105-67(36-53(2)3)85(123)107-72(84(122)101-48-76(97)115)51-132-52-79(118)103-71(41-59-37-64(94)81(96)65(95)38-59)90(128)113(10)75(92(130)111(73)8)43-56-23-17-14-18-24-56/h13-26,28-35,37-38,46,53-54,61,67-75,82,99,114H,11-12,27,36,39-45,47-52H2,1-10H3,(H2,97,115)(H,100,116)(H,101,122)(H,102,117)(H,103,118)(H,104,121)(H,105,124)(H,106,126)(H,107,123)(H,108,125)(H,119,120)/t61-,67+,68+,69+,70+,71+,72+,73+,74+,75+,82+/m1/s1. The van der Waals surface area contributed by atoms with Gasteiger partial charge in [-0.05, 0) is 107 Å². The molecule has 35 nitrogen and oxygen atoms in total. The van der Waals surface area contributed by atoms with E-state index in [1.807, 2.05) is 0 Å². The predicted octanol–water partition coefficient (Wildman–Crippen LogP) is 2.68. The van der Waals surface area contributed by atoms with Crippen LogP contribution >= 0.6 is 11.8 Å². The van der Waals surface area contributed by atoms with Crippen LogP contribution in [0.2, 0.25) is 0 Å². The second-order valence-electron chi connectivity index (χ2n) is 33.5. The monoisotopic (exact) mass is 1850 g/mol. The van der Waals surface area contributed by atoms with Crippen LogP contribution < -0.4 is 53.6 Å². The molecule has 0 radical (unpaired) electrons. The molecule has 1 aliphatic rings. The van der Waals surface area contributed by atoms with Gasteiger partial charge in [-0.25, -0.2) is 13.2 Å². The number of phenols is 1. The molecule has 1 aliphatic heterocycles. The van der Waals surface area contributed by atoms with E-state index in [4.69, 9.17) is 5.73 Å². The quantitative estimate of drug-likeness (QED) is 0.0409. The predicted molar refractivity (Wildman–Crippen MR) is 483 cm³/mol. The number of benzene rings is 5. The number of fused-ring (bicyclic) bond motifs is 1. The number of unbranched alkanes of at least 4 members (excludes halogenated alkanes) is 1. The Morgan fingerprint density at radius 2 is 1.05 bits per heavy atom. The zero-order valence-electron chi connectivity index (χ0n) is 75.2. The van der Waals surface area contributed by atoms with Gasteiger partial charge in [-0.15, -0.1) is 11.8 Å². The normalized spacial score (nSPS) is 21.8. The summed E-state index contributed by atoms with van der Waals surface area (Å²) in [5.41, 5.74) is 8.22. The van der Waals surface area contributed by atoms with Crippen molar-refractivity contribution >= 4 is 117 Å². The number of amides is 15. The third-order valence-corrected chi connectivity index (χ3v) is 23.4. The van der Waals surface area contributed by atoms with Gasteiger partial charge in [0.05, 0.1) is 37.7 Å². The average molecular weight is 1850 g/mol. The van der Waals surface area contributed by atoms with Crippen molar-refractivity contribution in [2.45, 2.75) is 166 Å². The maximum Gasteiger partial charge on any atom is 0.305 e. The molecule has 1 fully saturated rings. The highest BCUT2D eigenvalue weighted by atomic mass is 32.2. The van der Waals surface area contributed by atoms with E-state index in [-0.39, 0.29) is 68.6 Å². The number of halogens is 3. The SMILES string of the molecule is CCCC[C@H]1C(=O)N(C)CC(=O)N[C@@H](CC(=O)O)C(=O)N[C@@H](C(C)C)C(=O)N(C)[C@@H](Cc2ccccc2)C(=O)N[C@@H](Cc2ccc(O)cc2)C(=O)N(C)CC(=O)NC[C@@H](Cc2c[nH]c3ccccc23)C(=O)N[C@@H](Cc2ccncc2)C(=O)N[C@@H](CC(C)C)C(=O)N[C@H](C(=O)NCC(N)=O)CSCC(=O)N[C@@H](Cc2cc(F)c(F)c(F)c2)C(=O)N(C)[C@@H](Cc2ccccc2)C(=O)N1C. The van der Waals surface area contributed by atoms with E-state index in [9.17, 15) is 57.8 Å². The highest BCUT2D eigenvalue weighted by molar-refractivity contribution is 8.00. The number of para-hydroxylation sites is 1. The molecule has 0 aliphatic carbocycles. The highest BCUT2D eigenvalue weighted by Crippen LogP contribution is 2.26. The van der Waals surface area contributed by atoms with Crippen LogP contribution in [-0.2, 0) is 115 Å². The van der Waals surface area contributed by atoms with Crippen LogP contribution in [0.1, 0.15) is 100 Å². The lowest BCUT2D eigenvalue weighted by atomic mass is 9.96. The Morgan fingerprint density at radius 3 is 1.67 bits per heavy atom. The number of likely N-dealkylation sites (N-methyl/N-ethyl adjacent to an activating group) is 5. The maximum atomic E-state index is 15.5. The lowest BCUT2D eigenvalue weighted by Gasteiger charge is -2.37. The fraction of sp³-hybridized carbons (Fsp3) is 0.430. The van der Waals surface area contributed by atoms with Crippen LogP contribution in [0.15, 0.2) is 152 Å². The summed E-state index contributed by atoms with van der Waals surface area (Å²) in [4.78, 5) is 246. The summed E-state index contributed by atoms with van der Waals surface area (Å²) in [7, 11) is 6.18. The van der Waals surface area contributed by atoms with Crippen molar-refractivity contribution in [3.63, 3.8) is 0 Å². The summed E-state index contributed by atoms with van der Waals surface area (Å²) < 4.78 is 44.9. The molecular formula is C93H116F3N17O18S. The van der Waals surface area contributed by atoms with Crippen LogP contribution in [0.3, 0.4) is 0 Å². The van der Waals surface area contributed by atoms with E-state index < -0.39 is 235 Å². The van der Waals surface area contributed by atoms with Crippen molar-refractivity contribution in [1.29, 1.82) is 0 Å². The number of hydrogen-bond donors (Lipinski definition) is 13. The summed E-state index contributed by atoms with van der Waals surface area (Å²) in [5, 5.41) is 44.8. The van der Waals surface area contributed by atoms with Gasteiger partial charge in [0.25, 0.3) is 0 Å². The first-order chi connectivity index (χ1) is 62.7. The molecule has 11 atom stereocenters. The number of hydrogen-bond acceptors (Lipinski definition) is 19. The van der Waals surface area contributed by atoms with Crippen LogP contribution in [0.5, 0.6) is 5.75 Å². The Labute approximate surface area is 766 Å². The molecule has 708 valence electrons. The van der Waals surface area contributed by atoms with Crippen LogP contribution in [-0.4, -0.2) is 273 Å². The number of rotatable bonds is 23. The van der Waals surface area contributed by atoms with Crippen molar-refractivity contribution in [1.82, 2.24) is 82.3 Å². The van der Waals surface area contributed by atoms with E-state index in [1.54, 1.807) is 138 Å². The van der Waals surface area contributed by atoms with Crippen molar-refractivity contribution < 1.29 is 100 Å². The Morgan fingerprint density at radius 1 is 0.530 bits per heavy atom. The van der Waals surface area contributed by atoms with E-state index in [2.05, 4.69) is 57.8 Å². The number of pyridine rings is 1. The topological polar surface area (TPSA) is 493 Å². The minimum atomic E-state index is -1.95. The fourth-order valence-corrected chi connectivity index (χ4v) is 16.0. The molecule has 15 amide bonds. The van der Waals surface area contributed by atoms with Crippen molar-refractivity contribution in [3.8, 4) is 5.75 Å². The second kappa shape index (κ2) is 49.9. The summed E-state index contributed by atoms with van der Waals surface area (Å²) in [6, 6.07) is 17.6. The molecule has 14 N–H and O–H groups in total. The van der Waals surface area contributed by atoms with Crippen LogP contribution in [0.25, 0.3) is 10.9 Å². The third kappa shape index (κ3) is 30.7. The smallest absolute Gasteiger partial charge is 0.305 e. The minimum Gasteiger partial charge on any atom is -0.508 e. The van der Waals surface area contributed by atoms with Crippen LogP contribution in [0.4, 0.5) is 13.2 Å². The number of phenolic OH excluding ortho intramolecular Hbond substituents is 1. The second-order valence-corrected chi connectivity index (χ2v) is 34.5. The lowest BCUT2D eigenvalue weighted by Crippen LogP contribution is -2.61. The number of carboxylic acid groups (broad SMARTS) is 1. The third-order valence-electron chi connectivity index (χ3n) is 22.4. The number of aliphatic carboxylic acids is 1. The molecule has 0 bridgehead atoms. The average Bonchev–Trinajstić information content (AvgIpc) is 1.03. The van der Waals surface area contributed by atoms with Gasteiger partial charge in [0, 0.05) is 109 Å². The van der Waals surface area contributed by atoms with Crippen molar-refractivity contribution in [2.75, 3.05) is 72.9 Å². The molecule has 3 heterocycles. The molecule has 8 rings (SSSR count). The van der Waals surface area contributed by atoms with E-state index >= 15 is 42.3 Å². The number of H-pyrrole nitrogens is 1. The largest absolute Gasteiger partial charge is 0.508 e. The highest BCUT2D eigenvalue weighted by Gasteiger charge is 2.42. The van der Waals surface area contributed by atoms with Gasteiger partial charge in [0.1, 0.15) is 66.2 Å². The Balaban J connectivity index is 1.21. The number of primary amides is 1. The van der Waals surface area contributed by atoms with Crippen molar-refractivity contribution in [3.05, 3.63) is 203 Å².